The van der Waals surface area contributed by atoms with Crippen molar-refractivity contribution in [1.82, 2.24) is 14.7 Å². The summed E-state index contributed by atoms with van der Waals surface area (Å²) in [4.78, 5) is 4.81. The molecule has 0 aliphatic heterocycles. The standard InChI is InChI=1S/C16H23N3S/c1-2-17-11-14-16(20-12-13-7-3-4-8-13)18-15-9-5-6-10-19(14)15/h5-6,9-10,13,17H,2-4,7-8,11-12H2,1H3. The third-order valence-corrected chi connectivity index (χ3v) is 5.30. The molecule has 2 aromatic heterocycles. The summed E-state index contributed by atoms with van der Waals surface area (Å²) < 4.78 is 2.22. The van der Waals surface area contributed by atoms with Crippen LogP contribution in [-0.2, 0) is 6.54 Å². The molecule has 0 atom stereocenters. The number of aromatic nitrogens is 2. The van der Waals surface area contributed by atoms with Gasteiger partial charge in [0.2, 0.25) is 0 Å². The van der Waals surface area contributed by atoms with Gasteiger partial charge in [-0.15, -0.1) is 11.8 Å². The number of hydrogen-bond donors (Lipinski definition) is 1. The minimum absolute atomic E-state index is 0.898. The molecule has 1 fully saturated rings. The zero-order valence-corrected chi connectivity index (χ0v) is 13.0. The lowest BCUT2D eigenvalue weighted by Gasteiger charge is -2.08. The minimum atomic E-state index is 0.898. The number of rotatable bonds is 6. The van der Waals surface area contributed by atoms with Crippen LogP contribution in [0.2, 0.25) is 0 Å². The monoisotopic (exact) mass is 289 g/mol. The molecule has 1 N–H and O–H groups in total. The van der Waals surface area contributed by atoms with Crippen molar-refractivity contribution >= 4 is 17.4 Å². The number of thioether (sulfide) groups is 1. The summed E-state index contributed by atoms with van der Waals surface area (Å²) in [5.74, 6) is 2.13. The fourth-order valence-corrected chi connectivity index (χ4v) is 4.14. The first kappa shape index (κ1) is 14.0. The van der Waals surface area contributed by atoms with Gasteiger partial charge in [-0.2, -0.15) is 0 Å². The molecule has 0 aromatic carbocycles. The Kier molecular flexibility index (Phi) is 4.63. The van der Waals surface area contributed by atoms with Crippen molar-refractivity contribution in [2.75, 3.05) is 12.3 Å². The molecule has 0 spiro atoms. The Bertz CT molecular complexity index is 558. The summed E-state index contributed by atoms with van der Waals surface area (Å²) >= 11 is 1.95. The first-order valence-electron chi connectivity index (χ1n) is 7.68. The number of fused-ring (bicyclic) bond motifs is 1. The lowest BCUT2D eigenvalue weighted by Crippen LogP contribution is -2.14. The quantitative estimate of drug-likeness (QED) is 0.822. The summed E-state index contributed by atoms with van der Waals surface area (Å²) in [6.45, 7) is 4.04. The number of imidazole rings is 1. The van der Waals surface area contributed by atoms with Gasteiger partial charge in [-0.1, -0.05) is 25.8 Å². The van der Waals surface area contributed by atoms with Crippen LogP contribution in [0.5, 0.6) is 0 Å². The summed E-state index contributed by atoms with van der Waals surface area (Å²) in [6.07, 6.45) is 7.77. The van der Waals surface area contributed by atoms with Gasteiger partial charge < -0.3 is 9.72 Å². The molecule has 2 aromatic rings. The maximum Gasteiger partial charge on any atom is 0.138 e. The maximum absolute atomic E-state index is 4.81. The Hall–Kier alpha value is -1.00. The average molecular weight is 289 g/mol. The SMILES string of the molecule is CCNCc1c(SCC2CCCC2)nc2ccccn12. The molecule has 0 amide bonds. The fourth-order valence-electron chi connectivity index (χ4n) is 2.92. The second kappa shape index (κ2) is 6.64. The summed E-state index contributed by atoms with van der Waals surface area (Å²) in [7, 11) is 0. The van der Waals surface area contributed by atoms with E-state index in [1.165, 1.54) is 42.2 Å². The molecule has 1 aliphatic carbocycles. The van der Waals surface area contributed by atoms with E-state index in [9.17, 15) is 0 Å². The molecule has 1 saturated carbocycles. The molecule has 0 bridgehead atoms. The third-order valence-electron chi connectivity index (χ3n) is 4.07. The smallest absolute Gasteiger partial charge is 0.138 e. The van der Waals surface area contributed by atoms with Gasteiger partial charge in [-0.05, 0) is 37.4 Å². The molecule has 3 rings (SSSR count). The van der Waals surface area contributed by atoms with E-state index in [1.807, 2.05) is 11.8 Å². The van der Waals surface area contributed by atoms with Crippen LogP contribution < -0.4 is 5.32 Å². The second-order valence-corrected chi connectivity index (χ2v) is 6.54. The second-order valence-electron chi connectivity index (χ2n) is 5.53. The molecule has 4 heteroatoms. The van der Waals surface area contributed by atoms with Gasteiger partial charge in [0, 0.05) is 18.5 Å². The van der Waals surface area contributed by atoms with Gasteiger partial charge >= 0.3 is 0 Å². The maximum atomic E-state index is 4.81. The predicted octanol–water partition coefficient (Wildman–Crippen LogP) is 3.73. The van der Waals surface area contributed by atoms with Gasteiger partial charge in [0.1, 0.15) is 10.7 Å². The molecule has 0 radical (unpaired) electrons. The Labute approximate surface area is 125 Å². The van der Waals surface area contributed by atoms with Gasteiger partial charge in [0.25, 0.3) is 0 Å². The van der Waals surface area contributed by atoms with Crippen molar-refractivity contribution in [2.45, 2.75) is 44.2 Å². The van der Waals surface area contributed by atoms with E-state index in [0.29, 0.717) is 0 Å². The number of hydrogen-bond acceptors (Lipinski definition) is 3. The summed E-state index contributed by atoms with van der Waals surface area (Å²) in [5.41, 5.74) is 2.37. The van der Waals surface area contributed by atoms with Crippen LogP contribution in [0.15, 0.2) is 29.4 Å². The highest BCUT2D eigenvalue weighted by Gasteiger charge is 2.18. The average Bonchev–Trinajstić information content (AvgIpc) is 3.10. The Balaban J connectivity index is 1.79. The lowest BCUT2D eigenvalue weighted by atomic mass is 10.1. The van der Waals surface area contributed by atoms with E-state index in [2.05, 4.69) is 41.0 Å². The van der Waals surface area contributed by atoms with E-state index in [-0.39, 0.29) is 0 Å². The molecule has 2 heterocycles. The number of nitrogens with zero attached hydrogens (tertiary/aromatic N) is 2. The Morgan fingerprint density at radius 2 is 2.20 bits per heavy atom. The van der Waals surface area contributed by atoms with Crippen molar-refractivity contribution in [3.8, 4) is 0 Å². The van der Waals surface area contributed by atoms with Crippen molar-refractivity contribution < 1.29 is 0 Å². The Morgan fingerprint density at radius 1 is 1.35 bits per heavy atom. The van der Waals surface area contributed by atoms with Crippen molar-refractivity contribution in [1.29, 1.82) is 0 Å². The topological polar surface area (TPSA) is 29.3 Å². The van der Waals surface area contributed by atoms with E-state index in [4.69, 9.17) is 4.98 Å². The highest BCUT2D eigenvalue weighted by Crippen LogP contribution is 2.32. The van der Waals surface area contributed by atoms with Gasteiger partial charge in [0.05, 0.1) is 5.69 Å². The lowest BCUT2D eigenvalue weighted by molar-refractivity contribution is 0.622. The normalized spacial score (nSPS) is 16.2. The molecule has 3 nitrogen and oxygen atoms in total. The highest BCUT2D eigenvalue weighted by molar-refractivity contribution is 7.99. The minimum Gasteiger partial charge on any atom is -0.311 e. The van der Waals surface area contributed by atoms with Crippen molar-refractivity contribution in [3.05, 3.63) is 30.1 Å². The third kappa shape index (κ3) is 3.01. The molecule has 0 unspecified atom stereocenters. The largest absolute Gasteiger partial charge is 0.311 e. The fraction of sp³-hybridized carbons (Fsp3) is 0.562. The van der Waals surface area contributed by atoms with E-state index in [0.717, 1.165) is 24.7 Å². The van der Waals surface area contributed by atoms with Gasteiger partial charge in [-0.25, -0.2) is 4.98 Å². The van der Waals surface area contributed by atoms with Crippen molar-refractivity contribution in [2.24, 2.45) is 5.92 Å². The Morgan fingerprint density at radius 3 is 3.00 bits per heavy atom. The summed E-state index contributed by atoms with van der Waals surface area (Å²) in [5, 5.41) is 4.65. The zero-order valence-electron chi connectivity index (χ0n) is 12.1. The number of pyridine rings is 1. The van der Waals surface area contributed by atoms with Crippen LogP contribution in [0.4, 0.5) is 0 Å². The molecule has 1 aliphatic rings. The van der Waals surface area contributed by atoms with Crippen molar-refractivity contribution in [3.63, 3.8) is 0 Å². The van der Waals surface area contributed by atoms with E-state index >= 15 is 0 Å². The van der Waals surface area contributed by atoms with Crippen LogP contribution in [-0.4, -0.2) is 21.7 Å². The van der Waals surface area contributed by atoms with E-state index < -0.39 is 0 Å². The van der Waals surface area contributed by atoms with Gasteiger partial charge in [0.15, 0.2) is 0 Å². The molecule has 20 heavy (non-hydrogen) atoms. The predicted molar refractivity (Wildman–Crippen MR) is 85.3 cm³/mol. The number of nitrogens with one attached hydrogen (secondary N) is 1. The molecular weight excluding hydrogens is 266 g/mol. The first-order valence-corrected chi connectivity index (χ1v) is 8.66. The van der Waals surface area contributed by atoms with Gasteiger partial charge in [-0.3, -0.25) is 0 Å². The zero-order chi connectivity index (χ0) is 13.8. The van der Waals surface area contributed by atoms with Crippen LogP contribution in [0.1, 0.15) is 38.3 Å². The van der Waals surface area contributed by atoms with Crippen LogP contribution in [0, 0.1) is 5.92 Å². The summed E-state index contributed by atoms with van der Waals surface area (Å²) in [6, 6.07) is 6.23. The van der Waals surface area contributed by atoms with Crippen LogP contribution in [0.25, 0.3) is 5.65 Å². The van der Waals surface area contributed by atoms with Crippen LogP contribution in [0.3, 0.4) is 0 Å². The van der Waals surface area contributed by atoms with Crippen LogP contribution >= 0.6 is 11.8 Å². The molecule has 108 valence electrons. The molecule has 0 saturated heterocycles. The highest BCUT2D eigenvalue weighted by atomic mass is 32.2. The molecular formula is C16H23N3S. The van der Waals surface area contributed by atoms with E-state index in [1.54, 1.807) is 0 Å². The first-order chi connectivity index (χ1) is 9.88.